The molecule has 0 radical (unpaired) electrons. The van der Waals surface area contributed by atoms with E-state index in [-0.39, 0.29) is 11.9 Å². The first kappa shape index (κ1) is 19.2. The predicted octanol–water partition coefficient (Wildman–Crippen LogP) is 4.11. The number of thioether (sulfide) groups is 1. The third kappa shape index (κ3) is 4.77. The minimum Gasteiger partial charge on any atom is -0.349 e. The van der Waals surface area contributed by atoms with E-state index in [1.807, 2.05) is 36.6 Å². The number of benzene rings is 2. The Morgan fingerprint density at radius 3 is 2.33 bits per heavy atom. The van der Waals surface area contributed by atoms with Gasteiger partial charge in [-0.25, -0.2) is 0 Å². The van der Waals surface area contributed by atoms with E-state index in [2.05, 4.69) is 58.2 Å². The van der Waals surface area contributed by atoms with Crippen molar-refractivity contribution in [3.05, 3.63) is 66.0 Å². The first-order chi connectivity index (χ1) is 13.1. The Morgan fingerprint density at radius 1 is 1.04 bits per heavy atom. The van der Waals surface area contributed by atoms with Crippen LogP contribution in [0, 0.1) is 0 Å². The number of aromatic nitrogens is 3. The summed E-state index contributed by atoms with van der Waals surface area (Å²) in [4.78, 5) is 12.3. The van der Waals surface area contributed by atoms with Crippen molar-refractivity contribution >= 4 is 17.7 Å². The number of nitrogens with one attached hydrogen (secondary N) is 1. The van der Waals surface area contributed by atoms with Gasteiger partial charge in [-0.15, -0.1) is 10.2 Å². The second-order valence-electron chi connectivity index (χ2n) is 6.58. The average Bonchev–Trinajstić information content (AvgIpc) is 3.11. The number of nitrogens with zero attached hydrogens (tertiary/aromatic N) is 3. The van der Waals surface area contributed by atoms with Crippen LogP contribution in [0.2, 0.25) is 0 Å². The summed E-state index contributed by atoms with van der Waals surface area (Å²) in [7, 11) is 0. The smallest absolute Gasteiger partial charge is 0.224 e. The molecule has 1 heterocycles. The number of hydrogen-bond donors (Lipinski definition) is 1. The van der Waals surface area contributed by atoms with E-state index in [1.54, 1.807) is 11.8 Å². The zero-order valence-corrected chi connectivity index (χ0v) is 16.7. The first-order valence-corrected chi connectivity index (χ1v) is 10.2. The maximum atomic E-state index is 12.3. The molecule has 6 heteroatoms. The average molecular weight is 381 g/mol. The molecule has 0 aliphatic rings. The fraction of sp³-hybridized carbons (Fsp3) is 0.286. The lowest BCUT2D eigenvalue weighted by Crippen LogP contribution is -2.26. The van der Waals surface area contributed by atoms with E-state index in [1.165, 1.54) is 5.56 Å². The van der Waals surface area contributed by atoms with Gasteiger partial charge >= 0.3 is 0 Å². The van der Waals surface area contributed by atoms with Crippen LogP contribution in [0.15, 0.2) is 59.8 Å². The van der Waals surface area contributed by atoms with E-state index in [0.717, 1.165) is 22.1 Å². The molecule has 0 unspecified atom stereocenters. The summed E-state index contributed by atoms with van der Waals surface area (Å²) in [5.41, 5.74) is 3.31. The minimum absolute atomic E-state index is 0.0218. The molecule has 0 saturated carbocycles. The summed E-state index contributed by atoms with van der Waals surface area (Å²) in [6, 6.07) is 18.6. The van der Waals surface area contributed by atoms with Gasteiger partial charge in [0.25, 0.3) is 0 Å². The van der Waals surface area contributed by atoms with Crippen LogP contribution in [0.4, 0.5) is 0 Å². The summed E-state index contributed by atoms with van der Waals surface area (Å²) in [6.45, 7) is 4.55. The van der Waals surface area contributed by atoms with E-state index in [9.17, 15) is 4.79 Å². The van der Waals surface area contributed by atoms with Gasteiger partial charge in [-0.05, 0) is 36.8 Å². The lowest BCUT2D eigenvalue weighted by atomic mass is 10.0. The molecule has 0 saturated heterocycles. The van der Waals surface area contributed by atoms with Crippen LogP contribution in [0.5, 0.6) is 0 Å². The predicted molar refractivity (Wildman–Crippen MR) is 110 cm³/mol. The van der Waals surface area contributed by atoms with Gasteiger partial charge in [-0.3, -0.25) is 4.79 Å². The Kier molecular flexibility index (Phi) is 6.29. The van der Waals surface area contributed by atoms with Crippen molar-refractivity contribution in [2.45, 2.75) is 38.0 Å². The molecule has 5 nitrogen and oxygen atoms in total. The summed E-state index contributed by atoms with van der Waals surface area (Å²) in [5, 5.41) is 12.2. The lowest BCUT2D eigenvalue weighted by molar-refractivity contribution is -0.120. The highest BCUT2D eigenvalue weighted by atomic mass is 32.2. The van der Waals surface area contributed by atoms with E-state index < -0.39 is 0 Å². The van der Waals surface area contributed by atoms with Crippen LogP contribution in [0.3, 0.4) is 0 Å². The first-order valence-electron chi connectivity index (χ1n) is 8.97. The van der Waals surface area contributed by atoms with Crippen LogP contribution in [-0.4, -0.2) is 26.9 Å². The van der Waals surface area contributed by atoms with Gasteiger partial charge in [-0.2, -0.15) is 0 Å². The summed E-state index contributed by atoms with van der Waals surface area (Å²) in [5.74, 6) is 0.758. The quantitative estimate of drug-likeness (QED) is 0.627. The van der Waals surface area contributed by atoms with Gasteiger partial charge in [0.2, 0.25) is 5.91 Å². The molecule has 1 N–H and O–H groups in total. The fourth-order valence-corrected chi connectivity index (χ4v) is 3.59. The molecule has 1 amide bonds. The highest BCUT2D eigenvalue weighted by Gasteiger charge is 2.14. The Balaban J connectivity index is 1.59. The molecule has 0 bridgehead atoms. The maximum absolute atomic E-state index is 12.3. The number of hydrogen-bond acceptors (Lipinski definition) is 4. The highest BCUT2D eigenvalue weighted by molar-refractivity contribution is 7.98. The van der Waals surface area contributed by atoms with Gasteiger partial charge in [0.1, 0.15) is 0 Å². The van der Waals surface area contributed by atoms with Crippen LogP contribution < -0.4 is 5.32 Å². The molecule has 3 rings (SSSR count). The van der Waals surface area contributed by atoms with Gasteiger partial charge < -0.3 is 9.88 Å². The summed E-state index contributed by atoms with van der Waals surface area (Å²) >= 11 is 1.56. The third-order valence-electron chi connectivity index (χ3n) is 4.30. The molecule has 0 aliphatic carbocycles. The Bertz CT molecular complexity index is 888. The Labute approximate surface area is 164 Å². The topological polar surface area (TPSA) is 59.8 Å². The number of rotatable bonds is 7. The van der Waals surface area contributed by atoms with Crippen molar-refractivity contribution in [1.29, 1.82) is 0 Å². The highest BCUT2D eigenvalue weighted by Crippen LogP contribution is 2.20. The number of carbonyl (C=O) groups excluding carboxylic acids is 1. The van der Waals surface area contributed by atoms with Gasteiger partial charge in [0.15, 0.2) is 11.0 Å². The lowest BCUT2D eigenvalue weighted by Gasteiger charge is -2.13. The molecule has 27 heavy (non-hydrogen) atoms. The second-order valence-corrected chi connectivity index (χ2v) is 7.36. The van der Waals surface area contributed by atoms with Crippen molar-refractivity contribution in [2.75, 3.05) is 6.26 Å². The van der Waals surface area contributed by atoms with Crippen molar-refractivity contribution in [3.63, 3.8) is 0 Å². The monoisotopic (exact) mass is 380 g/mol. The van der Waals surface area contributed by atoms with E-state index in [0.29, 0.717) is 13.0 Å². The van der Waals surface area contributed by atoms with Crippen LogP contribution >= 0.6 is 11.8 Å². The molecule has 0 atom stereocenters. The molecule has 3 aromatic rings. The molecule has 0 fully saturated rings. The van der Waals surface area contributed by atoms with Gasteiger partial charge in [0.05, 0.1) is 13.0 Å². The standard InChI is InChI=1S/C21H24N4OS/c1-15(2)25-19(23-24-21(25)27-3)14-22-20(26)13-16-9-11-18(12-10-16)17-7-5-4-6-8-17/h4-12,15H,13-14H2,1-3H3,(H,22,26). The molecular weight excluding hydrogens is 356 g/mol. The summed E-state index contributed by atoms with van der Waals surface area (Å²) < 4.78 is 2.06. The minimum atomic E-state index is -0.0218. The summed E-state index contributed by atoms with van der Waals surface area (Å²) in [6.07, 6.45) is 2.32. The molecule has 0 aliphatic heterocycles. The molecular formula is C21H24N4OS. The zero-order valence-electron chi connectivity index (χ0n) is 15.8. The van der Waals surface area contributed by atoms with Crippen LogP contribution in [0.1, 0.15) is 31.3 Å². The molecule has 1 aromatic heterocycles. The molecule has 140 valence electrons. The van der Waals surface area contributed by atoms with Gasteiger partial charge in [-0.1, -0.05) is 66.4 Å². The molecule has 0 spiro atoms. The van der Waals surface area contributed by atoms with Crippen molar-refractivity contribution in [1.82, 2.24) is 20.1 Å². The Hall–Kier alpha value is -2.60. The maximum Gasteiger partial charge on any atom is 0.224 e. The SMILES string of the molecule is CSc1nnc(CNC(=O)Cc2ccc(-c3ccccc3)cc2)n1C(C)C. The zero-order chi connectivity index (χ0) is 19.2. The van der Waals surface area contributed by atoms with Crippen molar-refractivity contribution in [2.24, 2.45) is 0 Å². The fourth-order valence-electron chi connectivity index (χ4n) is 2.96. The van der Waals surface area contributed by atoms with Gasteiger partial charge in [0, 0.05) is 6.04 Å². The van der Waals surface area contributed by atoms with E-state index >= 15 is 0 Å². The third-order valence-corrected chi connectivity index (χ3v) is 4.95. The Morgan fingerprint density at radius 2 is 1.70 bits per heavy atom. The largest absolute Gasteiger partial charge is 0.349 e. The molecule has 2 aromatic carbocycles. The number of amides is 1. The van der Waals surface area contributed by atoms with Crippen molar-refractivity contribution in [3.8, 4) is 11.1 Å². The number of carbonyl (C=O) groups is 1. The van der Waals surface area contributed by atoms with E-state index in [4.69, 9.17) is 0 Å². The van der Waals surface area contributed by atoms with Crippen LogP contribution in [0.25, 0.3) is 11.1 Å². The van der Waals surface area contributed by atoms with Crippen molar-refractivity contribution < 1.29 is 4.79 Å². The second kappa shape index (κ2) is 8.86. The van der Waals surface area contributed by atoms with Crippen LogP contribution in [-0.2, 0) is 17.8 Å². The normalized spacial score (nSPS) is 11.0.